The molecule has 2 aromatic rings. The van der Waals surface area contributed by atoms with Gasteiger partial charge in [0.05, 0.1) is 16.1 Å². The summed E-state index contributed by atoms with van der Waals surface area (Å²) >= 11 is 12.3. The number of β-amino-alcohol motifs (C(OH)–C–C–N with tert-alkyl or cyclic N) is 1. The average molecular weight is 568 g/mol. The van der Waals surface area contributed by atoms with Gasteiger partial charge in [-0.05, 0) is 50.1 Å². The van der Waals surface area contributed by atoms with Crippen LogP contribution >= 0.6 is 23.2 Å². The summed E-state index contributed by atoms with van der Waals surface area (Å²) in [6, 6.07) is 9.93. The third kappa shape index (κ3) is 8.24. The molecule has 2 aromatic carbocycles. The highest BCUT2D eigenvalue weighted by atomic mass is 35.5. The second kappa shape index (κ2) is 13.0. The van der Waals surface area contributed by atoms with Crippen molar-refractivity contribution >= 4 is 35.1 Å². The van der Waals surface area contributed by atoms with Gasteiger partial charge in [-0.15, -0.1) is 0 Å². The number of hydrogen-bond donors (Lipinski definition) is 3. The first-order valence-corrected chi connectivity index (χ1v) is 13.4. The molecule has 0 aliphatic carbocycles. The van der Waals surface area contributed by atoms with Crippen molar-refractivity contribution in [3.8, 4) is 11.5 Å². The predicted octanol–water partition coefficient (Wildman–Crippen LogP) is 4.81. The SMILES string of the molecule is Cc1c(OC2CCN(C[C@H](O)CNC(=O)c3cccc(OC(C(=O)O)C(C)(C)C)c3)CC2)ccc(Cl)c1Cl. The maximum atomic E-state index is 12.7. The van der Waals surface area contributed by atoms with Crippen LogP contribution in [0.4, 0.5) is 0 Å². The Bertz CT molecular complexity index is 1130. The van der Waals surface area contributed by atoms with Gasteiger partial charge in [-0.25, -0.2) is 4.79 Å². The fourth-order valence-corrected chi connectivity index (χ4v) is 4.63. The van der Waals surface area contributed by atoms with E-state index in [1.165, 1.54) is 6.07 Å². The summed E-state index contributed by atoms with van der Waals surface area (Å²) in [5, 5.41) is 23.7. The monoisotopic (exact) mass is 566 g/mol. The van der Waals surface area contributed by atoms with E-state index in [1.54, 1.807) is 45.0 Å². The minimum Gasteiger partial charge on any atom is -0.490 e. The molecule has 3 N–H and O–H groups in total. The zero-order chi connectivity index (χ0) is 28.0. The summed E-state index contributed by atoms with van der Waals surface area (Å²) in [6.07, 6.45) is -0.155. The molecule has 1 fully saturated rings. The Morgan fingerprint density at radius 3 is 2.47 bits per heavy atom. The Kier molecular flexibility index (Phi) is 10.3. The van der Waals surface area contributed by atoms with Gasteiger partial charge in [0, 0.05) is 42.7 Å². The van der Waals surface area contributed by atoms with Crippen LogP contribution in [0.25, 0.3) is 0 Å². The van der Waals surface area contributed by atoms with E-state index in [1.807, 2.05) is 13.0 Å². The zero-order valence-electron chi connectivity index (χ0n) is 22.2. The molecule has 0 saturated carbocycles. The average Bonchev–Trinajstić information content (AvgIpc) is 2.86. The number of nitrogens with one attached hydrogen (secondary N) is 1. The van der Waals surface area contributed by atoms with Crippen molar-refractivity contribution in [1.82, 2.24) is 10.2 Å². The van der Waals surface area contributed by atoms with Crippen molar-refractivity contribution in [2.24, 2.45) is 5.41 Å². The highest BCUT2D eigenvalue weighted by Crippen LogP contribution is 2.33. The van der Waals surface area contributed by atoms with Crippen molar-refractivity contribution in [2.75, 3.05) is 26.2 Å². The Hall–Kier alpha value is -2.52. The molecule has 8 nitrogen and oxygen atoms in total. The third-order valence-corrected chi connectivity index (χ3v) is 7.34. The smallest absolute Gasteiger partial charge is 0.345 e. The lowest BCUT2D eigenvalue weighted by Crippen LogP contribution is -2.45. The van der Waals surface area contributed by atoms with E-state index in [0.29, 0.717) is 27.9 Å². The summed E-state index contributed by atoms with van der Waals surface area (Å²) in [6.45, 7) is 9.23. The molecule has 2 atom stereocenters. The maximum absolute atomic E-state index is 12.7. The molecule has 0 spiro atoms. The van der Waals surface area contributed by atoms with Crippen LogP contribution in [0.15, 0.2) is 36.4 Å². The normalized spacial score (nSPS) is 16.5. The summed E-state index contributed by atoms with van der Waals surface area (Å²) in [5.41, 5.74) is 0.515. The quantitative estimate of drug-likeness (QED) is 0.378. The fourth-order valence-electron chi connectivity index (χ4n) is 4.27. The van der Waals surface area contributed by atoms with Gasteiger partial charge in [0.1, 0.15) is 17.6 Å². The van der Waals surface area contributed by atoms with Gasteiger partial charge in [-0.3, -0.25) is 4.79 Å². The van der Waals surface area contributed by atoms with Gasteiger partial charge < -0.3 is 29.9 Å². The molecule has 38 heavy (non-hydrogen) atoms. The van der Waals surface area contributed by atoms with Crippen LogP contribution in [0.1, 0.15) is 49.5 Å². The molecular formula is C28H36Cl2N2O6. The van der Waals surface area contributed by atoms with Crippen LogP contribution in [0.2, 0.25) is 10.0 Å². The molecule has 1 heterocycles. The molecule has 1 saturated heterocycles. The van der Waals surface area contributed by atoms with Crippen LogP contribution in [-0.4, -0.2) is 71.5 Å². The number of likely N-dealkylation sites (tertiary alicyclic amines) is 1. The molecule has 0 bridgehead atoms. The molecule has 1 aliphatic heterocycles. The van der Waals surface area contributed by atoms with E-state index in [0.717, 1.165) is 37.2 Å². The van der Waals surface area contributed by atoms with Crippen LogP contribution in [0, 0.1) is 12.3 Å². The van der Waals surface area contributed by atoms with Gasteiger partial charge >= 0.3 is 5.97 Å². The van der Waals surface area contributed by atoms with E-state index in [-0.39, 0.29) is 18.6 Å². The van der Waals surface area contributed by atoms with Crippen molar-refractivity contribution in [1.29, 1.82) is 0 Å². The second-order valence-corrected chi connectivity index (χ2v) is 11.5. The lowest BCUT2D eigenvalue weighted by atomic mass is 9.89. The van der Waals surface area contributed by atoms with Crippen molar-refractivity contribution in [2.45, 2.75) is 58.8 Å². The number of benzene rings is 2. The fraction of sp³-hybridized carbons (Fsp3) is 0.500. The van der Waals surface area contributed by atoms with E-state index in [9.17, 15) is 19.8 Å². The molecule has 1 amide bonds. The zero-order valence-corrected chi connectivity index (χ0v) is 23.7. The number of carbonyl (C=O) groups is 2. The topological polar surface area (TPSA) is 108 Å². The minimum atomic E-state index is -1.07. The first kappa shape index (κ1) is 30.0. The van der Waals surface area contributed by atoms with Crippen LogP contribution in [0.5, 0.6) is 11.5 Å². The number of carboxylic acid groups (broad SMARTS) is 1. The molecule has 10 heteroatoms. The number of ether oxygens (including phenoxy) is 2. The standard InChI is InChI=1S/C28H36Cl2N2O6/c1-17-23(9-8-22(29)24(17)30)37-20-10-12-32(13-11-20)16-19(33)15-31-26(34)18-6-5-7-21(14-18)38-25(27(35)36)28(2,3)4/h5-9,14,19-20,25,33H,10-13,15-16H2,1-4H3,(H,31,34)(H,35,36)/t19-,25?/m1/s1. The molecule has 1 aliphatic rings. The first-order valence-electron chi connectivity index (χ1n) is 12.6. The van der Waals surface area contributed by atoms with Crippen molar-refractivity contribution < 1.29 is 29.3 Å². The Balaban J connectivity index is 1.45. The second-order valence-electron chi connectivity index (χ2n) is 10.7. The van der Waals surface area contributed by atoms with Crippen LogP contribution < -0.4 is 14.8 Å². The van der Waals surface area contributed by atoms with Gasteiger partial charge in [0.25, 0.3) is 5.91 Å². The summed E-state index contributed by atoms with van der Waals surface area (Å²) < 4.78 is 11.8. The molecule has 3 rings (SSSR count). The number of amides is 1. The van der Waals surface area contributed by atoms with Crippen LogP contribution in [0.3, 0.4) is 0 Å². The number of aliphatic carboxylic acids is 1. The molecule has 0 radical (unpaired) electrons. The number of aliphatic hydroxyl groups excluding tert-OH is 1. The molecule has 1 unspecified atom stereocenters. The predicted molar refractivity (Wildman–Crippen MR) is 148 cm³/mol. The maximum Gasteiger partial charge on any atom is 0.345 e. The van der Waals surface area contributed by atoms with Crippen LogP contribution in [-0.2, 0) is 4.79 Å². The van der Waals surface area contributed by atoms with Gasteiger partial charge in [0.2, 0.25) is 0 Å². The number of halogens is 2. The Morgan fingerprint density at radius 1 is 1.16 bits per heavy atom. The Labute approximate surface area is 233 Å². The largest absolute Gasteiger partial charge is 0.490 e. The van der Waals surface area contributed by atoms with E-state index < -0.39 is 23.6 Å². The third-order valence-electron chi connectivity index (χ3n) is 6.45. The summed E-state index contributed by atoms with van der Waals surface area (Å²) in [7, 11) is 0. The van der Waals surface area contributed by atoms with Crippen molar-refractivity contribution in [3.05, 3.63) is 57.6 Å². The highest BCUT2D eigenvalue weighted by molar-refractivity contribution is 6.42. The summed E-state index contributed by atoms with van der Waals surface area (Å²) in [5.74, 6) is -0.426. The number of carboxylic acids is 1. The van der Waals surface area contributed by atoms with Gasteiger partial charge in [-0.1, -0.05) is 50.0 Å². The highest BCUT2D eigenvalue weighted by Gasteiger charge is 2.33. The molecule has 208 valence electrons. The number of nitrogens with zero attached hydrogens (tertiary/aromatic N) is 1. The lowest BCUT2D eigenvalue weighted by Gasteiger charge is -2.33. The minimum absolute atomic E-state index is 0.0486. The molecule has 0 aromatic heterocycles. The number of rotatable bonds is 10. The first-order chi connectivity index (χ1) is 17.8. The Morgan fingerprint density at radius 2 is 1.84 bits per heavy atom. The molecular weight excluding hydrogens is 531 g/mol. The van der Waals surface area contributed by atoms with Gasteiger partial charge in [0.15, 0.2) is 6.10 Å². The summed E-state index contributed by atoms with van der Waals surface area (Å²) in [4.78, 5) is 26.4. The van der Waals surface area contributed by atoms with E-state index >= 15 is 0 Å². The van der Waals surface area contributed by atoms with E-state index in [4.69, 9.17) is 32.7 Å². The lowest BCUT2D eigenvalue weighted by molar-refractivity contribution is -0.150. The number of aliphatic hydroxyl groups is 1. The van der Waals surface area contributed by atoms with E-state index in [2.05, 4.69) is 10.2 Å². The van der Waals surface area contributed by atoms with Gasteiger partial charge in [-0.2, -0.15) is 0 Å². The number of piperidine rings is 1. The number of carbonyl (C=O) groups excluding carboxylic acids is 1. The van der Waals surface area contributed by atoms with Crippen molar-refractivity contribution in [3.63, 3.8) is 0 Å². The number of hydrogen-bond acceptors (Lipinski definition) is 6.